The van der Waals surface area contributed by atoms with Crippen LogP contribution in [0.1, 0.15) is 13.8 Å². The van der Waals surface area contributed by atoms with Gasteiger partial charge >= 0.3 is 0 Å². The Morgan fingerprint density at radius 2 is 2.04 bits per heavy atom. The van der Waals surface area contributed by atoms with Crippen molar-refractivity contribution in [1.29, 1.82) is 0 Å². The predicted octanol–water partition coefficient (Wildman–Crippen LogP) is 4.23. The van der Waals surface area contributed by atoms with Crippen molar-refractivity contribution in [3.63, 3.8) is 0 Å². The third kappa shape index (κ3) is 3.38. The Morgan fingerprint density at radius 1 is 1.26 bits per heavy atom. The molecule has 0 aliphatic heterocycles. The molecule has 23 heavy (non-hydrogen) atoms. The molecular weight excluding hydrogens is 326 g/mol. The maximum Gasteiger partial charge on any atom is 0.240 e. The van der Waals surface area contributed by atoms with Gasteiger partial charge in [0.2, 0.25) is 5.91 Å². The third-order valence-electron chi connectivity index (χ3n) is 3.51. The highest BCUT2D eigenvalue weighted by Crippen LogP contribution is 2.31. The molecule has 2 heterocycles. The van der Waals surface area contributed by atoms with Gasteiger partial charge in [0.15, 0.2) is 0 Å². The van der Waals surface area contributed by atoms with Gasteiger partial charge in [0.05, 0.1) is 5.25 Å². The molecule has 118 valence electrons. The van der Waals surface area contributed by atoms with Crippen LogP contribution in [-0.4, -0.2) is 27.7 Å². The number of rotatable bonds is 5. The molecule has 3 aromatic rings. The van der Waals surface area contributed by atoms with E-state index in [4.69, 9.17) is 0 Å². The Kier molecular flexibility index (Phi) is 4.93. The number of hydrogen-bond donors (Lipinski definition) is 0. The standard InChI is InChI=1S/C17H17N3OS2/c1-3-20(13-7-5-4-6-8-13)17(21)12(2)23-16-14-9-10-22-15(14)18-11-19-16/h4-12H,3H2,1-2H3. The Hall–Kier alpha value is -1.92. The van der Waals surface area contributed by atoms with E-state index in [9.17, 15) is 4.79 Å². The van der Waals surface area contributed by atoms with Crippen molar-refractivity contribution < 1.29 is 4.79 Å². The maximum atomic E-state index is 12.8. The summed E-state index contributed by atoms with van der Waals surface area (Å²) in [5.41, 5.74) is 0.927. The Morgan fingerprint density at radius 3 is 2.78 bits per heavy atom. The first kappa shape index (κ1) is 16.0. The molecular formula is C17H17N3OS2. The fraction of sp³-hybridized carbons (Fsp3) is 0.235. The van der Waals surface area contributed by atoms with Crippen LogP contribution >= 0.6 is 23.1 Å². The van der Waals surface area contributed by atoms with Gasteiger partial charge in [0, 0.05) is 17.6 Å². The molecule has 0 radical (unpaired) electrons. The molecule has 0 saturated heterocycles. The van der Waals surface area contributed by atoms with Crippen molar-refractivity contribution in [3.8, 4) is 0 Å². The van der Waals surface area contributed by atoms with E-state index >= 15 is 0 Å². The monoisotopic (exact) mass is 343 g/mol. The summed E-state index contributed by atoms with van der Waals surface area (Å²) in [6.07, 6.45) is 1.56. The highest BCUT2D eigenvalue weighted by atomic mass is 32.2. The number of aromatic nitrogens is 2. The van der Waals surface area contributed by atoms with Gasteiger partial charge in [-0.15, -0.1) is 11.3 Å². The molecule has 0 fully saturated rings. The minimum absolute atomic E-state index is 0.0886. The van der Waals surface area contributed by atoms with Crippen LogP contribution in [0.4, 0.5) is 5.69 Å². The summed E-state index contributed by atoms with van der Waals surface area (Å²) in [4.78, 5) is 24.2. The fourth-order valence-corrected chi connectivity index (χ4v) is 4.13. The summed E-state index contributed by atoms with van der Waals surface area (Å²) < 4.78 is 0. The molecule has 0 spiro atoms. The molecule has 0 aliphatic rings. The molecule has 0 aliphatic carbocycles. The van der Waals surface area contributed by atoms with Crippen molar-refractivity contribution >= 4 is 44.9 Å². The van der Waals surface area contributed by atoms with E-state index in [1.807, 2.05) is 60.5 Å². The van der Waals surface area contributed by atoms with Gasteiger partial charge in [0.1, 0.15) is 16.2 Å². The molecule has 1 unspecified atom stereocenters. The zero-order chi connectivity index (χ0) is 16.2. The van der Waals surface area contributed by atoms with Crippen LogP contribution in [0.2, 0.25) is 0 Å². The van der Waals surface area contributed by atoms with Gasteiger partial charge in [-0.1, -0.05) is 30.0 Å². The Balaban J connectivity index is 1.80. The van der Waals surface area contributed by atoms with E-state index in [0.717, 1.165) is 20.9 Å². The molecule has 1 amide bonds. The average molecular weight is 343 g/mol. The first-order valence-corrected chi connectivity index (χ1v) is 9.18. The number of carbonyl (C=O) groups excluding carboxylic acids is 1. The van der Waals surface area contributed by atoms with Gasteiger partial charge in [-0.2, -0.15) is 0 Å². The topological polar surface area (TPSA) is 46.1 Å². The number of anilines is 1. The van der Waals surface area contributed by atoms with Crippen molar-refractivity contribution in [2.45, 2.75) is 24.1 Å². The highest BCUT2D eigenvalue weighted by Gasteiger charge is 2.23. The number of thiophene rings is 1. The van der Waals surface area contributed by atoms with E-state index < -0.39 is 0 Å². The molecule has 1 aromatic carbocycles. The third-order valence-corrected chi connectivity index (χ3v) is 5.44. The zero-order valence-corrected chi connectivity index (χ0v) is 14.6. The van der Waals surface area contributed by atoms with Crippen molar-refractivity contribution in [1.82, 2.24) is 9.97 Å². The van der Waals surface area contributed by atoms with Crippen molar-refractivity contribution in [3.05, 3.63) is 48.1 Å². The van der Waals surface area contributed by atoms with Crippen LogP contribution in [0.25, 0.3) is 10.2 Å². The normalized spacial score (nSPS) is 12.3. The average Bonchev–Trinajstić information content (AvgIpc) is 3.06. The van der Waals surface area contributed by atoms with Crippen LogP contribution in [0, 0.1) is 0 Å². The second-order valence-electron chi connectivity index (χ2n) is 5.00. The second kappa shape index (κ2) is 7.10. The maximum absolute atomic E-state index is 12.8. The smallest absolute Gasteiger partial charge is 0.240 e. The molecule has 0 saturated carbocycles. The largest absolute Gasteiger partial charge is 0.312 e. The van der Waals surface area contributed by atoms with Crippen LogP contribution in [0.15, 0.2) is 53.1 Å². The van der Waals surface area contributed by atoms with Gasteiger partial charge in [-0.3, -0.25) is 4.79 Å². The molecule has 0 N–H and O–H groups in total. The molecule has 0 bridgehead atoms. The lowest BCUT2D eigenvalue weighted by molar-refractivity contribution is -0.117. The Bertz CT molecular complexity index is 804. The van der Waals surface area contributed by atoms with Crippen LogP contribution < -0.4 is 4.90 Å². The first-order valence-electron chi connectivity index (χ1n) is 7.42. The number of para-hydroxylation sites is 1. The van der Waals surface area contributed by atoms with E-state index in [1.165, 1.54) is 11.8 Å². The molecule has 1 atom stereocenters. The van der Waals surface area contributed by atoms with E-state index in [2.05, 4.69) is 9.97 Å². The second-order valence-corrected chi connectivity index (χ2v) is 7.22. The zero-order valence-electron chi connectivity index (χ0n) is 13.0. The minimum atomic E-state index is -0.215. The Labute approximate surface area is 143 Å². The van der Waals surface area contributed by atoms with Crippen LogP contribution in [-0.2, 0) is 4.79 Å². The quantitative estimate of drug-likeness (QED) is 0.514. The molecule has 6 heteroatoms. The van der Waals surface area contributed by atoms with Crippen molar-refractivity contribution in [2.75, 3.05) is 11.4 Å². The molecule has 2 aromatic heterocycles. The minimum Gasteiger partial charge on any atom is -0.312 e. The van der Waals surface area contributed by atoms with Gasteiger partial charge in [-0.05, 0) is 37.4 Å². The van der Waals surface area contributed by atoms with Crippen LogP contribution in [0.5, 0.6) is 0 Å². The summed E-state index contributed by atoms with van der Waals surface area (Å²) in [6.45, 7) is 4.56. The summed E-state index contributed by atoms with van der Waals surface area (Å²) >= 11 is 3.07. The molecule has 4 nitrogen and oxygen atoms in total. The summed E-state index contributed by atoms with van der Waals surface area (Å²) in [5, 5.41) is 3.66. The van der Waals surface area contributed by atoms with E-state index in [0.29, 0.717) is 6.54 Å². The van der Waals surface area contributed by atoms with Gasteiger partial charge < -0.3 is 4.90 Å². The van der Waals surface area contributed by atoms with Crippen LogP contribution in [0.3, 0.4) is 0 Å². The number of hydrogen-bond acceptors (Lipinski definition) is 5. The lowest BCUT2D eigenvalue weighted by atomic mass is 10.2. The van der Waals surface area contributed by atoms with Gasteiger partial charge in [0.25, 0.3) is 0 Å². The molecule has 3 rings (SSSR count). The highest BCUT2D eigenvalue weighted by molar-refractivity contribution is 8.00. The number of fused-ring (bicyclic) bond motifs is 1. The number of amides is 1. The van der Waals surface area contributed by atoms with E-state index in [-0.39, 0.29) is 11.2 Å². The summed E-state index contributed by atoms with van der Waals surface area (Å²) in [5.74, 6) is 0.0886. The summed E-state index contributed by atoms with van der Waals surface area (Å²) in [7, 11) is 0. The lowest BCUT2D eigenvalue weighted by Crippen LogP contribution is -2.36. The number of benzene rings is 1. The SMILES string of the molecule is CCN(C(=O)C(C)Sc1ncnc2sccc12)c1ccccc1. The fourth-order valence-electron chi connectivity index (χ4n) is 2.37. The van der Waals surface area contributed by atoms with Crippen molar-refractivity contribution in [2.24, 2.45) is 0 Å². The van der Waals surface area contributed by atoms with E-state index in [1.54, 1.807) is 17.7 Å². The number of nitrogens with zero attached hydrogens (tertiary/aromatic N) is 3. The number of carbonyl (C=O) groups is 1. The predicted molar refractivity (Wildman–Crippen MR) is 97.2 cm³/mol. The first-order chi connectivity index (χ1) is 11.2. The lowest BCUT2D eigenvalue weighted by Gasteiger charge is -2.24. The summed E-state index contributed by atoms with van der Waals surface area (Å²) in [6, 6.07) is 11.8. The van der Waals surface area contributed by atoms with Gasteiger partial charge in [-0.25, -0.2) is 9.97 Å². The number of thioether (sulfide) groups is 1.